The monoisotopic (exact) mass is 427 g/mol. The smallest absolute Gasteiger partial charge is 0.250 e. The number of pyridine rings is 1. The zero-order valence-electron chi connectivity index (χ0n) is 16.4. The Kier molecular flexibility index (Phi) is 6.27. The Balaban J connectivity index is 1.75. The molecule has 1 N–H and O–H groups in total. The first-order valence-electron chi connectivity index (χ1n) is 9.20. The van der Waals surface area contributed by atoms with Crippen molar-refractivity contribution in [2.75, 3.05) is 24.7 Å². The Morgan fingerprint density at radius 1 is 1.17 bits per heavy atom. The zero-order valence-corrected chi connectivity index (χ0v) is 17.2. The summed E-state index contributed by atoms with van der Waals surface area (Å²) in [4.78, 5) is 12.0. The molecule has 2 aromatic rings. The van der Waals surface area contributed by atoms with E-state index in [4.69, 9.17) is 4.74 Å². The second kappa shape index (κ2) is 8.54. The fourth-order valence-electron chi connectivity index (χ4n) is 3.02. The lowest BCUT2D eigenvalue weighted by molar-refractivity contribution is 0.221. The van der Waals surface area contributed by atoms with Crippen LogP contribution in [0.4, 0.5) is 14.7 Å². The minimum atomic E-state index is -3.21. The molecule has 0 unspecified atom stereocenters. The number of nitrogens with one attached hydrogen (secondary N) is 1. The standard InChI is InChI=1S/C18H23F2N5O3S/c1-11(2)28-17-14(19)8-12(9-21-17)16-15(20)10-22-18(24-16)23-13-4-6-25(7-5-13)29(3,26)27/h8-11,13H,4-7H2,1-3H3,(H,22,23,24). The highest BCUT2D eigenvalue weighted by atomic mass is 32.2. The van der Waals surface area contributed by atoms with E-state index in [1.165, 1.54) is 16.8 Å². The Hall–Kier alpha value is -2.40. The SMILES string of the molecule is CC(C)Oc1ncc(-c2nc(NC3CCN(S(C)(=O)=O)CC3)ncc2F)cc1F. The van der Waals surface area contributed by atoms with E-state index < -0.39 is 21.7 Å². The van der Waals surface area contributed by atoms with Crippen molar-refractivity contribution in [1.82, 2.24) is 19.3 Å². The number of hydrogen-bond acceptors (Lipinski definition) is 7. The Bertz CT molecular complexity index is 979. The molecule has 0 spiro atoms. The third-order valence-corrected chi connectivity index (χ3v) is 5.73. The Morgan fingerprint density at radius 3 is 2.45 bits per heavy atom. The lowest BCUT2D eigenvalue weighted by atomic mass is 10.1. The molecule has 158 valence electrons. The van der Waals surface area contributed by atoms with Crippen molar-refractivity contribution in [3.05, 3.63) is 30.1 Å². The zero-order chi connectivity index (χ0) is 21.2. The first kappa shape index (κ1) is 21.3. The van der Waals surface area contributed by atoms with Crippen LogP contribution < -0.4 is 10.1 Å². The molecular formula is C18H23F2N5O3S. The van der Waals surface area contributed by atoms with Gasteiger partial charge in [0, 0.05) is 30.9 Å². The second-order valence-electron chi connectivity index (χ2n) is 7.15. The molecule has 2 aromatic heterocycles. The molecule has 8 nitrogen and oxygen atoms in total. The summed E-state index contributed by atoms with van der Waals surface area (Å²) in [7, 11) is -3.21. The Morgan fingerprint density at radius 2 is 1.86 bits per heavy atom. The molecule has 0 saturated carbocycles. The number of piperidine rings is 1. The quantitative estimate of drug-likeness (QED) is 0.756. The molecule has 0 atom stereocenters. The van der Waals surface area contributed by atoms with Crippen LogP contribution in [0.15, 0.2) is 18.5 Å². The van der Waals surface area contributed by atoms with Crippen molar-refractivity contribution in [2.45, 2.75) is 38.8 Å². The average Bonchev–Trinajstić information content (AvgIpc) is 2.64. The minimum Gasteiger partial charge on any atom is -0.473 e. The van der Waals surface area contributed by atoms with Gasteiger partial charge >= 0.3 is 0 Å². The number of anilines is 1. The van der Waals surface area contributed by atoms with E-state index in [2.05, 4.69) is 20.3 Å². The van der Waals surface area contributed by atoms with E-state index in [1.54, 1.807) is 13.8 Å². The summed E-state index contributed by atoms with van der Waals surface area (Å²) < 4.78 is 58.3. The third kappa shape index (κ3) is 5.36. The summed E-state index contributed by atoms with van der Waals surface area (Å²) in [6.07, 6.45) is 4.37. The van der Waals surface area contributed by atoms with Gasteiger partial charge < -0.3 is 10.1 Å². The third-order valence-electron chi connectivity index (χ3n) is 4.43. The topological polar surface area (TPSA) is 97.3 Å². The first-order valence-corrected chi connectivity index (χ1v) is 11.0. The lowest BCUT2D eigenvalue weighted by Crippen LogP contribution is -2.42. The van der Waals surface area contributed by atoms with Gasteiger partial charge in [0.1, 0.15) is 5.69 Å². The van der Waals surface area contributed by atoms with Crippen LogP contribution in [0.1, 0.15) is 26.7 Å². The summed E-state index contributed by atoms with van der Waals surface area (Å²) in [5, 5.41) is 3.09. The van der Waals surface area contributed by atoms with E-state index in [0.717, 1.165) is 12.3 Å². The largest absolute Gasteiger partial charge is 0.473 e. The number of aromatic nitrogens is 3. The number of sulfonamides is 1. The molecule has 1 saturated heterocycles. The molecule has 0 radical (unpaired) electrons. The summed E-state index contributed by atoms with van der Waals surface area (Å²) in [5.74, 6) is -1.39. The van der Waals surface area contributed by atoms with Crippen molar-refractivity contribution < 1.29 is 21.9 Å². The van der Waals surface area contributed by atoms with Gasteiger partial charge in [0.05, 0.1) is 18.6 Å². The van der Waals surface area contributed by atoms with Crippen LogP contribution in [0.2, 0.25) is 0 Å². The molecule has 3 rings (SSSR count). The summed E-state index contributed by atoms with van der Waals surface area (Å²) >= 11 is 0. The molecule has 1 aliphatic rings. The molecule has 11 heteroatoms. The fourth-order valence-corrected chi connectivity index (χ4v) is 3.89. The normalized spacial score (nSPS) is 16.2. The van der Waals surface area contributed by atoms with Crippen molar-refractivity contribution in [3.8, 4) is 17.1 Å². The van der Waals surface area contributed by atoms with E-state index in [0.29, 0.717) is 25.9 Å². The number of hydrogen-bond donors (Lipinski definition) is 1. The maximum atomic E-state index is 14.3. The molecule has 29 heavy (non-hydrogen) atoms. The van der Waals surface area contributed by atoms with Crippen LogP contribution in [0.3, 0.4) is 0 Å². The van der Waals surface area contributed by atoms with Gasteiger partial charge in [-0.1, -0.05) is 0 Å². The van der Waals surface area contributed by atoms with Crippen LogP contribution in [0.5, 0.6) is 5.88 Å². The maximum Gasteiger partial charge on any atom is 0.250 e. The summed E-state index contributed by atoms with van der Waals surface area (Å²) in [6.45, 7) is 4.27. The first-order chi connectivity index (χ1) is 13.6. The van der Waals surface area contributed by atoms with Gasteiger partial charge in [-0.05, 0) is 32.8 Å². The predicted octanol–water partition coefficient (Wildman–Crippen LogP) is 2.44. The van der Waals surface area contributed by atoms with Crippen LogP contribution in [0, 0.1) is 11.6 Å². The number of halogens is 2. The highest BCUT2D eigenvalue weighted by molar-refractivity contribution is 7.88. The van der Waals surface area contributed by atoms with Crippen molar-refractivity contribution in [2.24, 2.45) is 0 Å². The second-order valence-corrected chi connectivity index (χ2v) is 9.13. The minimum absolute atomic E-state index is 0.0528. The Labute approximate surface area is 168 Å². The average molecular weight is 427 g/mol. The van der Waals surface area contributed by atoms with Gasteiger partial charge in [0.2, 0.25) is 16.0 Å². The van der Waals surface area contributed by atoms with Crippen molar-refractivity contribution >= 4 is 16.0 Å². The van der Waals surface area contributed by atoms with Gasteiger partial charge in [-0.2, -0.15) is 0 Å². The predicted molar refractivity (Wildman–Crippen MR) is 104 cm³/mol. The van der Waals surface area contributed by atoms with Crippen LogP contribution >= 0.6 is 0 Å². The van der Waals surface area contributed by atoms with E-state index in [-0.39, 0.29) is 35.2 Å². The van der Waals surface area contributed by atoms with E-state index in [1.807, 2.05) is 0 Å². The number of rotatable bonds is 6. The highest BCUT2D eigenvalue weighted by Crippen LogP contribution is 2.26. The molecule has 0 bridgehead atoms. The summed E-state index contributed by atoms with van der Waals surface area (Å²) in [6, 6.07) is 1.06. The van der Waals surface area contributed by atoms with Crippen LogP contribution in [-0.4, -0.2) is 59.2 Å². The summed E-state index contributed by atoms with van der Waals surface area (Å²) in [5.41, 5.74) is 0.0759. The molecule has 0 amide bonds. The van der Waals surface area contributed by atoms with E-state index in [9.17, 15) is 17.2 Å². The molecule has 0 aromatic carbocycles. The van der Waals surface area contributed by atoms with E-state index >= 15 is 0 Å². The molecule has 0 aliphatic carbocycles. The molecular weight excluding hydrogens is 404 g/mol. The van der Waals surface area contributed by atoms with Gasteiger partial charge in [-0.25, -0.2) is 36.5 Å². The molecule has 1 aliphatic heterocycles. The highest BCUT2D eigenvalue weighted by Gasteiger charge is 2.25. The molecule has 3 heterocycles. The lowest BCUT2D eigenvalue weighted by Gasteiger charge is -2.30. The van der Waals surface area contributed by atoms with Gasteiger partial charge in [0.15, 0.2) is 11.6 Å². The number of nitrogens with zero attached hydrogens (tertiary/aromatic N) is 4. The van der Waals surface area contributed by atoms with Gasteiger partial charge in [-0.15, -0.1) is 0 Å². The number of ether oxygens (including phenoxy) is 1. The van der Waals surface area contributed by atoms with Crippen LogP contribution in [-0.2, 0) is 10.0 Å². The van der Waals surface area contributed by atoms with Crippen molar-refractivity contribution in [3.63, 3.8) is 0 Å². The van der Waals surface area contributed by atoms with Gasteiger partial charge in [0.25, 0.3) is 5.88 Å². The van der Waals surface area contributed by atoms with Gasteiger partial charge in [-0.3, -0.25) is 0 Å². The fraction of sp³-hybridized carbons (Fsp3) is 0.500. The van der Waals surface area contributed by atoms with Crippen molar-refractivity contribution in [1.29, 1.82) is 0 Å². The van der Waals surface area contributed by atoms with Crippen LogP contribution in [0.25, 0.3) is 11.3 Å². The maximum absolute atomic E-state index is 14.3. The molecule has 1 fully saturated rings.